The van der Waals surface area contributed by atoms with Gasteiger partial charge in [0, 0.05) is 0 Å². The van der Waals surface area contributed by atoms with Gasteiger partial charge in [0.2, 0.25) is 4.38 Å². The fourth-order valence-electron chi connectivity index (χ4n) is 0.770. The Hall–Kier alpha value is -0.290. The van der Waals surface area contributed by atoms with Gasteiger partial charge in [0.05, 0.1) is 13.2 Å². The first-order valence-electron chi connectivity index (χ1n) is 4.97. The Bertz CT molecular complexity index is 227. The van der Waals surface area contributed by atoms with E-state index in [4.69, 9.17) is 21.7 Å². The van der Waals surface area contributed by atoms with Gasteiger partial charge < -0.3 is 9.47 Å². The molecule has 0 N–H and O–H groups in total. The highest BCUT2D eigenvalue weighted by atomic mass is 32.2. The summed E-state index contributed by atoms with van der Waals surface area (Å²) in [6.45, 7) is 8.30. The molecule has 0 aliphatic carbocycles. The summed E-state index contributed by atoms with van der Waals surface area (Å²) in [4.78, 5) is 11.5. The lowest BCUT2D eigenvalue weighted by Gasteiger charge is -2.21. The smallest absolute Gasteiger partial charge is 0.322 e. The molecule has 0 fully saturated rings. The Kier molecular flexibility index (Phi) is 6.92. The number of esters is 1. The fraction of sp³-hybridized carbons (Fsp3) is 0.800. The second-order valence-corrected chi connectivity index (χ2v) is 5.66. The first kappa shape index (κ1) is 14.7. The minimum Gasteiger partial charge on any atom is -0.479 e. The fourth-order valence-corrected chi connectivity index (χ4v) is 2.18. The van der Waals surface area contributed by atoms with Crippen LogP contribution >= 0.6 is 24.0 Å². The third kappa shape index (κ3) is 5.99. The lowest BCUT2D eigenvalue weighted by Crippen LogP contribution is -2.31. The Morgan fingerprint density at radius 3 is 2.40 bits per heavy atom. The van der Waals surface area contributed by atoms with Gasteiger partial charge in [-0.05, 0) is 39.4 Å². The number of thiocarbonyl (C=S) groups is 1. The van der Waals surface area contributed by atoms with Crippen molar-refractivity contribution >= 4 is 34.3 Å². The van der Waals surface area contributed by atoms with Crippen LogP contribution in [0.5, 0.6) is 0 Å². The van der Waals surface area contributed by atoms with Crippen LogP contribution in [0.25, 0.3) is 0 Å². The van der Waals surface area contributed by atoms with E-state index in [1.807, 2.05) is 6.92 Å². The van der Waals surface area contributed by atoms with E-state index in [2.05, 4.69) is 0 Å². The molecular weight excluding hydrogens is 232 g/mol. The molecule has 0 aromatic heterocycles. The van der Waals surface area contributed by atoms with E-state index >= 15 is 0 Å². The number of thioether (sulfide) groups is 1. The van der Waals surface area contributed by atoms with Crippen molar-refractivity contribution in [1.29, 1.82) is 0 Å². The van der Waals surface area contributed by atoms with Gasteiger partial charge in [-0.25, -0.2) is 0 Å². The van der Waals surface area contributed by atoms with Crippen LogP contribution in [0.15, 0.2) is 0 Å². The highest BCUT2D eigenvalue weighted by molar-refractivity contribution is 8.23. The molecule has 0 heterocycles. The van der Waals surface area contributed by atoms with Gasteiger partial charge in [-0.3, -0.25) is 4.79 Å². The maximum Gasteiger partial charge on any atom is 0.322 e. The average molecular weight is 250 g/mol. The SMILES string of the molecule is CCCOC(=S)SC(C)(C)C(=O)OCC. The summed E-state index contributed by atoms with van der Waals surface area (Å²) in [7, 11) is 0. The summed E-state index contributed by atoms with van der Waals surface area (Å²) >= 11 is 6.23. The van der Waals surface area contributed by atoms with Crippen LogP contribution in [0.3, 0.4) is 0 Å². The quantitative estimate of drug-likeness (QED) is 0.554. The van der Waals surface area contributed by atoms with E-state index < -0.39 is 4.75 Å². The lowest BCUT2D eigenvalue weighted by atomic mass is 10.2. The van der Waals surface area contributed by atoms with E-state index in [0.29, 0.717) is 17.6 Å². The normalized spacial score (nSPS) is 10.9. The summed E-state index contributed by atoms with van der Waals surface area (Å²) in [6.07, 6.45) is 0.903. The van der Waals surface area contributed by atoms with Crippen LogP contribution in [0.1, 0.15) is 34.1 Å². The molecule has 0 aliphatic rings. The molecule has 3 nitrogen and oxygen atoms in total. The van der Waals surface area contributed by atoms with Crippen molar-refractivity contribution in [2.24, 2.45) is 0 Å². The van der Waals surface area contributed by atoms with Crippen LogP contribution in [-0.2, 0) is 14.3 Å². The third-order valence-electron chi connectivity index (χ3n) is 1.53. The minimum absolute atomic E-state index is 0.266. The molecule has 0 rings (SSSR count). The lowest BCUT2D eigenvalue weighted by molar-refractivity contribution is -0.145. The first-order chi connectivity index (χ1) is 6.94. The van der Waals surface area contributed by atoms with Gasteiger partial charge in [0.15, 0.2) is 0 Å². The zero-order valence-corrected chi connectivity index (χ0v) is 11.3. The number of hydrogen-bond donors (Lipinski definition) is 0. The molecule has 0 amide bonds. The van der Waals surface area contributed by atoms with E-state index in [9.17, 15) is 4.79 Å². The van der Waals surface area contributed by atoms with Gasteiger partial charge >= 0.3 is 5.97 Å². The van der Waals surface area contributed by atoms with Crippen LogP contribution in [0.4, 0.5) is 0 Å². The van der Waals surface area contributed by atoms with Crippen LogP contribution in [0, 0.1) is 0 Å². The Morgan fingerprint density at radius 2 is 1.93 bits per heavy atom. The second-order valence-electron chi connectivity index (χ2n) is 3.43. The monoisotopic (exact) mass is 250 g/mol. The molecule has 0 aromatic rings. The van der Waals surface area contributed by atoms with Crippen LogP contribution < -0.4 is 0 Å². The predicted molar refractivity (Wildman–Crippen MR) is 67.1 cm³/mol. The summed E-state index contributed by atoms with van der Waals surface area (Å²) in [5, 5.41) is 0. The van der Waals surface area contributed by atoms with Crippen molar-refractivity contribution in [2.45, 2.75) is 38.9 Å². The largest absolute Gasteiger partial charge is 0.479 e. The summed E-state index contributed by atoms with van der Waals surface area (Å²) < 4.78 is 9.90. The molecule has 15 heavy (non-hydrogen) atoms. The molecule has 0 saturated heterocycles. The molecule has 0 unspecified atom stereocenters. The number of carbonyl (C=O) groups is 1. The zero-order chi connectivity index (χ0) is 11.9. The molecule has 0 aromatic carbocycles. The summed E-state index contributed by atoms with van der Waals surface area (Å²) in [5.41, 5.74) is 0. The minimum atomic E-state index is -0.680. The molecular formula is C10H18O3S2. The van der Waals surface area contributed by atoms with E-state index in [1.165, 1.54) is 11.8 Å². The number of hydrogen-bond acceptors (Lipinski definition) is 5. The van der Waals surface area contributed by atoms with Gasteiger partial charge in [-0.15, -0.1) is 0 Å². The number of ether oxygens (including phenoxy) is 2. The summed E-state index contributed by atoms with van der Waals surface area (Å²) in [5.74, 6) is -0.266. The van der Waals surface area contributed by atoms with E-state index in [0.717, 1.165) is 6.42 Å². The number of carbonyl (C=O) groups excluding carboxylic acids is 1. The molecule has 0 bridgehead atoms. The highest BCUT2D eigenvalue weighted by Gasteiger charge is 2.32. The topological polar surface area (TPSA) is 35.5 Å². The van der Waals surface area contributed by atoms with Crippen molar-refractivity contribution in [1.82, 2.24) is 0 Å². The Labute approximate surface area is 101 Å². The van der Waals surface area contributed by atoms with Crippen molar-refractivity contribution in [3.8, 4) is 0 Å². The van der Waals surface area contributed by atoms with Crippen molar-refractivity contribution in [2.75, 3.05) is 13.2 Å². The van der Waals surface area contributed by atoms with Gasteiger partial charge in [-0.2, -0.15) is 0 Å². The summed E-state index contributed by atoms with van der Waals surface area (Å²) in [6, 6.07) is 0. The number of rotatable bonds is 5. The standard InChI is InChI=1S/C10H18O3S2/c1-5-7-13-9(14)15-10(3,4)8(11)12-6-2/h5-7H2,1-4H3. The Morgan fingerprint density at radius 1 is 1.33 bits per heavy atom. The molecule has 0 radical (unpaired) electrons. The molecule has 88 valence electrons. The van der Waals surface area contributed by atoms with Crippen molar-refractivity contribution in [3.63, 3.8) is 0 Å². The maximum atomic E-state index is 11.5. The van der Waals surface area contributed by atoms with Gasteiger partial charge in [0.25, 0.3) is 0 Å². The van der Waals surface area contributed by atoms with Crippen molar-refractivity contribution < 1.29 is 14.3 Å². The third-order valence-corrected chi connectivity index (χ3v) is 2.86. The molecule has 0 atom stereocenters. The van der Waals surface area contributed by atoms with Crippen LogP contribution in [0.2, 0.25) is 0 Å². The molecule has 0 aliphatic heterocycles. The predicted octanol–water partition coefficient (Wildman–Crippen LogP) is 2.77. The van der Waals surface area contributed by atoms with Crippen molar-refractivity contribution in [3.05, 3.63) is 0 Å². The van der Waals surface area contributed by atoms with E-state index in [1.54, 1.807) is 20.8 Å². The molecule has 5 heteroatoms. The Balaban J connectivity index is 4.12. The molecule has 0 saturated carbocycles. The zero-order valence-electron chi connectivity index (χ0n) is 9.66. The second kappa shape index (κ2) is 7.06. The first-order valence-corrected chi connectivity index (χ1v) is 6.19. The average Bonchev–Trinajstić information content (AvgIpc) is 2.14. The maximum absolute atomic E-state index is 11.5. The van der Waals surface area contributed by atoms with Crippen LogP contribution in [-0.4, -0.2) is 28.3 Å². The van der Waals surface area contributed by atoms with E-state index in [-0.39, 0.29) is 5.97 Å². The van der Waals surface area contributed by atoms with Gasteiger partial charge in [0.1, 0.15) is 4.75 Å². The van der Waals surface area contributed by atoms with Gasteiger partial charge in [-0.1, -0.05) is 18.7 Å². The molecule has 0 spiro atoms. The highest BCUT2D eigenvalue weighted by Crippen LogP contribution is 2.27.